The molecular weight excluding hydrogens is 232 g/mol. The average molecular weight is 258 g/mol. The van der Waals surface area contributed by atoms with Crippen LogP contribution >= 0.6 is 0 Å². The molecule has 1 unspecified atom stereocenters. The van der Waals surface area contributed by atoms with Gasteiger partial charge in [0.25, 0.3) is 0 Å². The van der Waals surface area contributed by atoms with Gasteiger partial charge in [0.2, 0.25) is 0 Å². The minimum atomic E-state index is 0.529. The van der Waals surface area contributed by atoms with Gasteiger partial charge in [-0.2, -0.15) is 0 Å². The lowest BCUT2D eigenvalue weighted by atomic mass is 9.94. The molecule has 0 spiro atoms. The molecule has 1 aliphatic heterocycles. The first-order valence-corrected chi connectivity index (χ1v) is 7.89. The Morgan fingerprint density at radius 3 is 2.79 bits per heavy atom. The smallest absolute Gasteiger partial charge is 0.0337 e. The fourth-order valence-electron chi connectivity index (χ4n) is 3.74. The van der Waals surface area contributed by atoms with Crippen LogP contribution in [0.4, 0.5) is 0 Å². The van der Waals surface area contributed by atoms with E-state index in [1.54, 1.807) is 0 Å². The maximum atomic E-state index is 3.92. The third-order valence-electron chi connectivity index (χ3n) is 4.93. The highest BCUT2D eigenvalue weighted by Gasteiger charge is 2.25. The largest absolute Gasteiger partial charge is 0.313 e. The molecule has 0 saturated heterocycles. The van der Waals surface area contributed by atoms with Crippen LogP contribution in [0.15, 0.2) is 24.3 Å². The summed E-state index contributed by atoms with van der Waals surface area (Å²) in [6.45, 7) is 4.52. The first-order chi connectivity index (χ1) is 9.34. The van der Waals surface area contributed by atoms with Gasteiger partial charge in [-0.3, -0.25) is 0 Å². The van der Waals surface area contributed by atoms with Gasteiger partial charge in [-0.25, -0.2) is 0 Å². The first kappa shape index (κ1) is 13.1. The summed E-state index contributed by atoms with van der Waals surface area (Å²) in [5.74, 6) is 0.892. The van der Waals surface area contributed by atoms with Gasteiger partial charge < -0.3 is 10.6 Å². The van der Waals surface area contributed by atoms with Crippen LogP contribution in [0.5, 0.6) is 0 Å². The van der Waals surface area contributed by atoms with Crippen LogP contribution in [0.25, 0.3) is 0 Å². The van der Waals surface area contributed by atoms with Crippen molar-refractivity contribution < 1.29 is 0 Å². The number of rotatable bonds is 3. The van der Waals surface area contributed by atoms with Crippen molar-refractivity contribution >= 4 is 0 Å². The predicted molar refractivity (Wildman–Crippen MR) is 80.1 cm³/mol. The van der Waals surface area contributed by atoms with E-state index in [0.717, 1.165) is 19.0 Å². The molecule has 1 saturated carbocycles. The second kappa shape index (κ2) is 6.06. The molecular formula is C17H26N2. The van der Waals surface area contributed by atoms with Gasteiger partial charge in [-0.1, -0.05) is 37.1 Å². The Bertz CT molecular complexity index is 409. The highest BCUT2D eigenvalue weighted by molar-refractivity contribution is 5.31. The Balaban J connectivity index is 1.72. The molecule has 1 fully saturated rings. The van der Waals surface area contributed by atoms with Gasteiger partial charge in [-0.05, 0) is 49.8 Å². The van der Waals surface area contributed by atoms with Crippen LogP contribution < -0.4 is 10.6 Å². The van der Waals surface area contributed by atoms with Crippen molar-refractivity contribution in [2.45, 2.75) is 57.7 Å². The molecule has 2 atom stereocenters. The maximum Gasteiger partial charge on any atom is 0.0337 e. The molecule has 1 aromatic rings. The molecule has 1 aliphatic carbocycles. The van der Waals surface area contributed by atoms with Crippen LogP contribution in [-0.4, -0.2) is 12.6 Å². The zero-order chi connectivity index (χ0) is 13.1. The zero-order valence-corrected chi connectivity index (χ0v) is 12.0. The second-order valence-corrected chi connectivity index (χ2v) is 6.22. The van der Waals surface area contributed by atoms with Crippen molar-refractivity contribution in [2.24, 2.45) is 5.92 Å². The highest BCUT2D eigenvalue weighted by atomic mass is 15.0. The Labute approximate surface area is 117 Å². The highest BCUT2D eigenvalue weighted by Crippen LogP contribution is 2.30. The SMILES string of the molecule is C[C@@H](NC1CCNCc2ccccc21)C1CCCC1. The minimum absolute atomic E-state index is 0.529. The van der Waals surface area contributed by atoms with Crippen LogP contribution in [0.3, 0.4) is 0 Å². The quantitative estimate of drug-likeness (QED) is 0.868. The van der Waals surface area contributed by atoms with Crippen LogP contribution in [0.2, 0.25) is 0 Å². The second-order valence-electron chi connectivity index (χ2n) is 6.22. The van der Waals surface area contributed by atoms with Gasteiger partial charge in [-0.15, -0.1) is 0 Å². The van der Waals surface area contributed by atoms with E-state index in [9.17, 15) is 0 Å². The summed E-state index contributed by atoms with van der Waals surface area (Å²) in [5.41, 5.74) is 2.98. The van der Waals surface area contributed by atoms with Crippen molar-refractivity contribution in [1.29, 1.82) is 0 Å². The number of nitrogens with one attached hydrogen (secondary N) is 2. The average Bonchev–Trinajstić information content (AvgIpc) is 2.90. The van der Waals surface area contributed by atoms with E-state index in [2.05, 4.69) is 41.8 Å². The van der Waals surface area contributed by atoms with Crippen molar-refractivity contribution in [2.75, 3.05) is 6.54 Å². The van der Waals surface area contributed by atoms with Gasteiger partial charge in [0, 0.05) is 18.6 Å². The Morgan fingerprint density at radius 1 is 1.16 bits per heavy atom. The van der Waals surface area contributed by atoms with Gasteiger partial charge in [0.05, 0.1) is 0 Å². The van der Waals surface area contributed by atoms with E-state index in [4.69, 9.17) is 0 Å². The summed E-state index contributed by atoms with van der Waals surface area (Å²) in [6.07, 6.45) is 6.90. The predicted octanol–water partition coefficient (Wildman–Crippen LogP) is 3.39. The summed E-state index contributed by atoms with van der Waals surface area (Å²) >= 11 is 0. The lowest BCUT2D eigenvalue weighted by Gasteiger charge is -2.27. The topological polar surface area (TPSA) is 24.1 Å². The van der Waals surface area contributed by atoms with Crippen molar-refractivity contribution in [3.05, 3.63) is 35.4 Å². The van der Waals surface area contributed by atoms with E-state index in [0.29, 0.717) is 12.1 Å². The number of hydrogen-bond acceptors (Lipinski definition) is 2. The Hall–Kier alpha value is -0.860. The molecule has 0 amide bonds. The van der Waals surface area contributed by atoms with Crippen LogP contribution in [0.1, 0.15) is 56.2 Å². The number of benzene rings is 1. The molecule has 1 aromatic carbocycles. The molecule has 0 aromatic heterocycles. The van der Waals surface area contributed by atoms with E-state index in [1.165, 1.54) is 43.2 Å². The normalized spacial score (nSPS) is 25.8. The van der Waals surface area contributed by atoms with Gasteiger partial charge in [0.1, 0.15) is 0 Å². The molecule has 2 heteroatoms. The summed E-state index contributed by atoms with van der Waals surface area (Å²) < 4.78 is 0. The summed E-state index contributed by atoms with van der Waals surface area (Å²) in [7, 11) is 0. The van der Waals surface area contributed by atoms with Crippen molar-refractivity contribution in [3.8, 4) is 0 Å². The molecule has 0 bridgehead atoms. The minimum Gasteiger partial charge on any atom is -0.313 e. The molecule has 2 aliphatic rings. The third kappa shape index (κ3) is 3.01. The molecule has 0 radical (unpaired) electrons. The molecule has 1 heterocycles. The monoisotopic (exact) mass is 258 g/mol. The van der Waals surface area contributed by atoms with E-state index >= 15 is 0 Å². The van der Waals surface area contributed by atoms with Gasteiger partial charge >= 0.3 is 0 Å². The molecule has 2 N–H and O–H groups in total. The third-order valence-corrected chi connectivity index (χ3v) is 4.93. The fraction of sp³-hybridized carbons (Fsp3) is 0.647. The molecule has 19 heavy (non-hydrogen) atoms. The Morgan fingerprint density at radius 2 is 1.95 bits per heavy atom. The lowest BCUT2D eigenvalue weighted by molar-refractivity contribution is 0.335. The number of fused-ring (bicyclic) bond motifs is 1. The summed E-state index contributed by atoms with van der Waals surface area (Å²) in [6, 6.07) is 10.1. The first-order valence-electron chi connectivity index (χ1n) is 7.89. The van der Waals surface area contributed by atoms with Crippen LogP contribution in [-0.2, 0) is 6.54 Å². The van der Waals surface area contributed by atoms with E-state index in [1.807, 2.05) is 0 Å². The van der Waals surface area contributed by atoms with Crippen molar-refractivity contribution in [3.63, 3.8) is 0 Å². The summed E-state index contributed by atoms with van der Waals surface area (Å²) in [5, 5.41) is 7.45. The molecule has 104 valence electrons. The van der Waals surface area contributed by atoms with Gasteiger partial charge in [0.15, 0.2) is 0 Å². The standard InChI is InChI=1S/C17H26N2/c1-13(14-6-2-3-7-14)19-17-10-11-18-12-15-8-4-5-9-16(15)17/h4-5,8-9,13-14,17-19H,2-3,6-7,10-12H2,1H3/t13-,17?/m1/s1. The van der Waals surface area contributed by atoms with E-state index in [-0.39, 0.29) is 0 Å². The fourth-order valence-corrected chi connectivity index (χ4v) is 3.74. The number of hydrogen-bond donors (Lipinski definition) is 2. The summed E-state index contributed by atoms with van der Waals surface area (Å²) in [4.78, 5) is 0. The Kier molecular flexibility index (Phi) is 4.19. The lowest BCUT2D eigenvalue weighted by Crippen LogP contribution is -2.36. The van der Waals surface area contributed by atoms with E-state index < -0.39 is 0 Å². The zero-order valence-electron chi connectivity index (χ0n) is 12.0. The van der Waals surface area contributed by atoms with Crippen molar-refractivity contribution in [1.82, 2.24) is 10.6 Å². The molecule has 2 nitrogen and oxygen atoms in total. The van der Waals surface area contributed by atoms with Crippen LogP contribution in [0, 0.1) is 5.92 Å². The molecule has 3 rings (SSSR count). The maximum absolute atomic E-state index is 3.92.